The van der Waals surface area contributed by atoms with Crippen LogP contribution in [-0.4, -0.2) is 0 Å². The van der Waals surface area contributed by atoms with Crippen LogP contribution < -0.4 is 24.0 Å². The fourth-order valence-electron chi connectivity index (χ4n) is 0.473. The minimum Gasteiger partial charge on any atom is -0.851 e. The molecule has 0 saturated heterocycles. The third kappa shape index (κ3) is 2.58. The van der Waals surface area contributed by atoms with Crippen LogP contribution >= 0.6 is 0 Å². The van der Waals surface area contributed by atoms with E-state index in [-0.39, 0.29) is 25.5 Å². The van der Waals surface area contributed by atoms with Crippen molar-refractivity contribution in [1.82, 2.24) is 0 Å². The van der Waals surface area contributed by atoms with Crippen LogP contribution in [0.3, 0.4) is 0 Å². The van der Waals surface area contributed by atoms with Gasteiger partial charge in [0.25, 0.3) is 0 Å². The molecule has 0 unspecified atom stereocenters. The topological polar surface area (TPSA) is 23.1 Å². The predicted molar refractivity (Wildman–Crippen MR) is 27.8 cm³/mol. The van der Waals surface area contributed by atoms with Gasteiger partial charge in [0.2, 0.25) is 0 Å². The van der Waals surface area contributed by atoms with Crippen molar-refractivity contribution in [2.24, 2.45) is 0 Å². The molecular weight excluding hydrogens is 107 g/mol. The summed E-state index contributed by atoms with van der Waals surface area (Å²) in [7, 11) is 0. The molecule has 0 radical (unpaired) electrons. The Morgan fingerprint density at radius 2 is 2.33 bits per heavy atom. The molecule has 0 aliphatic rings. The van der Waals surface area contributed by atoms with E-state index in [4.69, 9.17) is 0 Å². The van der Waals surface area contributed by atoms with E-state index in [1.54, 1.807) is 18.2 Å². The Morgan fingerprint density at radius 3 is 2.67 bits per heavy atom. The average molecular weight is 112 g/mol. The third-order valence-corrected chi connectivity index (χ3v) is 0.865. The van der Waals surface area contributed by atoms with E-state index in [1.165, 1.54) is 0 Å². The quantitative estimate of drug-likeness (QED) is 0.359. The Labute approximate surface area is 66.9 Å². The molecular formula is C7H5LiO. The molecule has 0 amide bonds. The largest absolute Gasteiger partial charge is 1.00 e. The molecule has 1 rings (SSSR count). The van der Waals surface area contributed by atoms with Crippen molar-refractivity contribution in [3.8, 4) is 0 Å². The van der Waals surface area contributed by atoms with Gasteiger partial charge in [-0.1, -0.05) is 24.3 Å². The van der Waals surface area contributed by atoms with Gasteiger partial charge in [0.15, 0.2) is 0 Å². The van der Waals surface area contributed by atoms with Crippen molar-refractivity contribution < 1.29 is 24.0 Å². The SMILES string of the molecule is [Li+].[O-]Cc1c#cccc1. The fraction of sp³-hybridized carbons (Fsp3) is 0.143. The smallest absolute Gasteiger partial charge is 0.851 e. The molecule has 1 nitrogen and oxygen atoms in total. The van der Waals surface area contributed by atoms with Crippen LogP contribution in [0.5, 0.6) is 0 Å². The van der Waals surface area contributed by atoms with E-state index in [1.807, 2.05) is 0 Å². The summed E-state index contributed by atoms with van der Waals surface area (Å²) < 4.78 is 0. The van der Waals surface area contributed by atoms with E-state index in [2.05, 4.69) is 12.1 Å². The van der Waals surface area contributed by atoms with E-state index in [9.17, 15) is 5.11 Å². The van der Waals surface area contributed by atoms with Crippen LogP contribution in [0.4, 0.5) is 0 Å². The van der Waals surface area contributed by atoms with Crippen molar-refractivity contribution in [2.45, 2.75) is 6.61 Å². The second-order valence-electron chi connectivity index (χ2n) is 1.46. The van der Waals surface area contributed by atoms with E-state index in [0.717, 1.165) is 0 Å². The fourth-order valence-corrected chi connectivity index (χ4v) is 0.473. The van der Waals surface area contributed by atoms with Crippen LogP contribution in [0.1, 0.15) is 5.56 Å². The molecule has 40 valence electrons. The summed E-state index contributed by atoms with van der Waals surface area (Å²) in [5.41, 5.74) is 0.674. The monoisotopic (exact) mass is 112 g/mol. The van der Waals surface area contributed by atoms with Crippen molar-refractivity contribution in [2.75, 3.05) is 0 Å². The molecule has 0 spiro atoms. The summed E-state index contributed by atoms with van der Waals surface area (Å²) in [6, 6.07) is 10.6. The van der Waals surface area contributed by atoms with Gasteiger partial charge in [-0.05, 0) is 11.6 Å². The van der Waals surface area contributed by atoms with E-state index >= 15 is 0 Å². The minimum atomic E-state index is -0.197. The summed E-state index contributed by atoms with van der Waals surface area (Å²) in [4.78, 5) is 0. The van der Waals surface area contributed by atoms with E-state index in [0.29, 0.717) is 5.56 Å². The van der Waals surface area contributed by atoms with Gasteiger partial charge in [0.05, 0.1) is 0 Å². The van der Waals surface area contributed by atoms with Crippen molar-refractivity contribution in [1.29, 1.82) is 0 Å². The maximum atomic E-state index is 10.1. The summed E-state index contributed by atoms with van der Waals surface area (Å²) in [5.74, 6) is 0. The summed E-state index contributed by atoms with van der Waals surface area (Å²) in [6.07, 6.45) is 0. The van der Waals surface area contributed by atoms with Crippen LogP contribution in [0.15, 0.2) is 18.2 Å². The first-order valence-corrected chi connectivity index (χ1v) is 2.39. The Hall–Kier alpha value is -0.403. The molecule has 2 heteroatoms. The number of hydrogen-bond donors (Lipinski definition) is 0. The Kier molecular flexibility index (Phi) is 4.27. The van der Waals surface area contributed by atoms with Gasteiger partial charge in [0, 0.05) is 0 Å². The van der Waals surface area contributed by atoms with Gasteiger partial charge in [-0.2, -0.15) is 0 Å². The van der Waals surface area contributed by atoms with Crippen LogP contribution in [0.2, 0.25) is 0 Å². The Morgan fingerprint density at radius 1 is 1.56 bits per heavy atom. The molecule has 1 aromatic rings. The van der Waals surface area contributed by atoms with Crippen LogP contribution in [0, 0.1) is 12.1 Å². The molecule has 0 aromatic heterocycles. The minimum absolute atomic E-state index is 0. The van der Waals surface area contributed by atoms with Crippen LogP contribution in [0.25, 0.3) is 0 Å². The van der Waals surface area contributed by atoms with Gasteiger partial charge in [-0.3, -0.25) is 0 Å². The molecule has 1 aromatic carbocycles. The predicted octanol–water partition coefficient (Wildman–Crippen LogP) is -2.85. The number of hydrogen-bond acceptors (Lipinski definition) is 1. The second kappa shape index (κ2) is 4.47. The first kappa shape index (κ1) is 8.60. The molecule has 0 fully saturated rings. The number of rotatable bonds is 1. The van der Waals surface area contributed by atoms with E-state index < -0.39 is 0 Å². The Bertz CT molecular complexity index is 150. The van der Waals surface area contributed by atoms with Crippen molar-refractivity contribution in [3.05, 3.63) is 35.9 Å². The Balaban J connectivity index is 0.000000640. The molecule has 0 aliphatic carbocycles. The molecule has 0 aliphatic heterocycles. The standard InChI is InChI=1S/C7H5O.Li/c8-6-7-4-2-1-3-5-7;/h1-2,4H,6H2;/q-1;+1. The summed E-state index contributed by atoms with van der Waals surface area (Å²) in [5, 5.41) is 10.1. The maximum Gasteiger partial charge on any atom is 1.00 e. The third-order valence-electron chi connectivity index (χ3n) is 0.865. The van der Waals surface area contributed by atoms with Gasteiger partial charge < -0.3 is 5.11 Å². The zero-order valence-corrected chi connectivity index (χ0v) is 5.35. The maximum absolute atomic E-state index is 10.1. The molecule has 0 saturated carbocycles. The summed E-state index contributed by atoms with van der Waals surface area (Å²) >= 11 is 0. The molecule has 0 atom stereocenters. The van der Waals surface area contributed by atoms with Gasteiger partial charge in [0.1, 0.15) is 0 Å². The zero-order valence-electron chi connectivity index (χ0n) is 5.35. The molecule has 0 bridgehead atoms. The zero-order chi connectivity index (χ0) is 5.82. The van der Waals surface area contributed by atoms with Crippen LogP contribution in [-0.2, 0) is 6.61 Å². The van der Waals surface area contributed by atoms with Crippen molar-refractivity contribution in [3.63, 3.8) is 0 Å². The molecule has 9 heavy (non-hydrogen) atoms. The van der Waals surface area contributed by atoms with Crippen molar-refractivity contribution >= 4 is 0 Å². The first-order chi connectivity index (χ1) is 3.93. The second-order valence-corrected chi connectivity index (χ2v) is 1.46. The average Bonchev–Trinajstić information content (AvgIpc) is 1.90. The molecule has 0 N–H and O–H groups in total. The van der Waals surface area contributed by atoms with Gasteiger partial charge in [-0.25, -0.2) is 0 Å². The normalized spacial score (nSPS) is 7.22. The first-order valence-electron chi connectivity index (χ1n) is 2.39. The summed E-state index contributed by atoms with van der Waals surface area (Å²) in [6.45, 7) is -0.197. The van der Waals surface area contributed by atoms with Gasteiger partial charge in [-0.15, -0.1) is 6.61 Å². The van der Waals surface area contributed by atoms with Gasteiger partial charge >= 0.3 is 18.9 Å². The molecule has 0 heterocycles.